The van der Waals surface area contributed by atoms with Crippen LogP contribution < -0.4 is 5.32 Å². The SMILES string of the molecule is Cn1nc(C2CC2)nc1CCNC1CC1. The average molecular weight is 206 g/mol. The van der Waals surface area contributed by atoms with E-state index in [4.69, 9.17) is 0 Å². The molecule has 0 atom stereocenters. The summed E-state index contributed by atoms with van der Waals surface area (Å²) in [6.45, 7) is 1.04. The molecular formula is C11H18N4. The van der Waals surface area contributed by atoms with E-state index < -0.39 is 0 Å². The fraction of sp³-hybridized carbons (Fsp3) is 0.818. The van der Waals surface area contributed by atoms with Crippen molar-refractivity contribution in [1.29, 1.82) is 0 Å². The predicted molar refractivity (Wildman–Crippen MR) is 57.7 cm³/mol. The molecule has 1 aromatic rings. The molecule has 0 aromatic carbocycles. The quantitative estimate of drug-likeness (QED) is 0.781. The normalized spacial score (nSPS) is 20.9. The lowest BCUT2D eigenvalue weighted by Crippen LogP contribution is -2.20. The van der Waals surface area contributed by atoms with Crippen molar-refractivity contribution in [1.82, 2.24) is 20.1 Å². The summed E-state index contributed by atoms with van der Waals surface area (Å²) in [7, 11) is 2.01. The van der Waals surface area contributed by atoms with Gasteiger partial charge in [-0.1, -0.05) is 0 Å². The highest BCUT2D eigenvalue weighted by molar-refractivity contribution is 5.06. The van der Waals surface area contributed by atoms with Crippen LogP contribution in [0.25, 0.3) is 0 Å². The van der Waals surface area contributed by atoms with E-state index in [0.717, 1.165) is 30.7 Å². The summed E-state index contributed by atoms with van der Waals surface area (Å²) in [5.41, 5.74) is 0. The zero-order valence-electron chi connectivity index (χ0n) is 9.24. The van der Waals surface area contributed by atoms with Crippen molar-refractivity contribution < 1.29 is 0 Å². The zero-order valence-corrected chi connectivity index (χ0v) is 9.24. The molecule has 2 saturated carbocycles. The van der Waals surface area contributed by atoms with Crippen LogP contribution in [-0.4, -0.2) is 27.4 Å². The van der Waals surface area contributed by atoms with Gasteiger partial charge in [-0.25, -0.2) is 4.98 Å². The molecule has 1 N–H and O–H groups in total. The minimum absolute atomic E-state index is 0.668. The van der Waals surface area contributed by atoms with Crippen LogP contribution in [0.4, 0.5) is 0 Å². The maximum atomic E-state index is 4.60. The third-order valence-corrected chi connectivity index (χ3v) is 3.17. The van der Waals surface area contributed by atoms with Crippen molar-refractivity contribution in [2.45, 2.75) is 44.1 Å². The van der Waals surface area contributed by atoms with Crippen molar-refractivity contribution >= 4 is 0 Å². The highest BCUT2D eigenvalue weighted by Gasteiger charge is 2.28. The van der Waals surface area contributed by atoms with Gasteiger partial charge in [-0.05, 0) is 25.7 Å². The standard InChI is InChI=1S/C11H18N4/c1-15-10(6-7-12-9-4-5-9)13-11(14-15)8-2-3-8/h8-9,12H,2-7H2,1H3. The molecule has 82 valence electrons. The zero-order chi connectivity index (χ0) is 10.3. The first-order valence-corrected chi connectivity index (χ1v) is 5.96. The highest BCUT2D eigenvalue weighted by atomic mass is 15.3. The number of aromatic nitrogens is 3. The van der Waals surface area contributed by atoms with E-state index in [9.17, 15) is 0 Å². The van der Waals surface area contributed by atoms with Crippen LogP contribution >= 0.6 is 0 Å². The van der Waals surface area contributed by atoms with E-state index >= 15 is 0 Å². The Labute approximate surface area is 90.1 Å². The first kappa shape index (κ1) is 9.33. The number of nitrogens with zero attached hydrogens (tertiary/aromatic N) is 3. The van der Waals surface area contributed by atoms with Gasteiger partial charge in [-0.2, -0.15) is 5.10 Å². The fourth-order valence-electron chi connectivity index (χ4n) is 1.85. The van der Waals surface area contributed by atoms with Crippen LogP contribution in [0.15, 0.2) is 0 Å². The molecule has 0 radical (unpaired) electrons. The largest absolute Gasteiger partial charge is 0.314 e. The van der Waals surface area contributed by atoms with E-state index in [0.29, 0.717) is 5.92 Å². The number of rotatable bonds is 5. The Morgan fingerprint density at radius 3 is 2.80 bits per heavy atom. The van der Waals surface area contributed by atoms with Gasteiger partial charge in [0.15, 0.2) is 5.82 Å². The van der Waals surface area contributed by atoms with Gasteiger partial charge in [0.1, 0.15) is 5.82 Å². The Balaban J connectivity index is 1.57. The molecule has 2 fully saturated rings. The van der Waals surface area contributed by atoms with Gasteiger partial charge in [-0.3, -0.25) is 4.68 Å². The molecular weight excluding hydrogens is 188 g/mol. The lowest BCUT2D eigenvalue weighted by atomic mass is 10.4. The third-order valence-electron chi connectivity index (χ3n) is 3.17. The number of nitrogens with one attached hydrogen (secondary N) is 1. The maximum Gasteiger partial charge on any atom is 0.154 e. The monoisotopic (exact) mass is 206 g/mol. The van der Waals surface area contributed by atoms with E-state index in [1.54, 1.807) is 0 Å². The van der Waals surface area contributed by atoms with Crippen molar-refractivity contribution in [2.24, 2.45) is 7.05 Å². The second-order valence-corrected chi connectivity index (χ2v) is 4.76. The Bertz CT molecular complexity index is 349. The molecule has 0 amide bonds. The molecule has 0 aliphatic heterocycles. The second kappa shape index (κ2) is 3.59. The molecule has 0 unspecified atom stereocenters. The Kier molecular flexibility index (Phi) is 2.24. The smallest absolute Gasteiger partial charge is 0.154 e. The second-order valence-electron chi connectivity index (χ2n) is 4.76. The molecule has 1 aromatic heterocycles. The molecule has 3 rings (SSSR count). The molecule has 15 heavy (non-hydrogen) atoms. The average Bonchev–Trinajstić information content (AvgIpc) is 3.10. The molecule has 0 spiro atoms. The predicted octanol–water partition coefficient (Wildman–Crippen LogP) is 0.987. The first-order chi connectivity index (χ1) is 7.33. The molecule has 4 nitrogen and oxygen atoms in total. The summed E-state index contributed by atoms with van der Waals surface area (Å²) in [6.07, 6.45) is 6.28. The van der Waals surface area contributed by atoms with Crippen LogP contribution in [0.2, 0.25) is 0 Å². The molecule has 1 heterocycles. The van der Waals surface area contributed by atoms with Crippen LogP contribution in [0.1, 0.15) is 43.3 Å². The summed E-state index contributed by atoms with van der Waals surface area (Å²) < 4.78 is 1.95. The lowest BCUT2D eigenvalue weighted by molar-refractivity contribution is 0.630. The molecule has 0 saturated heterocycles. The highest BCUT2D eigenvalue weighted by Crippen LogP contribution is 2.37. The fourth-order valence-corrected chi connectivity index (χ4v) is 1.85. The Morgan fingerprint density at radius 1 is 1.33 bits per heavy atom. The van der Waals surface area contributed by atoms with Gasteiger partial charge in [0.05, 0.1) is 0 Å². The van der Waals surface area contributed by atoms with Gasteiger partial charge < -0.3 is 5.32 Å². The summed E-state index contributed by atoms with van der Waals surface area (Å²) in [4.78, 5) is 4.60. The minimum atomic E-state index is 0.668. The maximum absolute atomic E-state index is 4.60. The number of aryl methyl sites for hydroxylation is 1. The van der Waals surface area contributed by atoms with Gasteiger partial charge >= 0.3 is 0 Å². The Hall–Kier alpha value is -0.900. The topological polar surface area (TPSA) is 42.7 Å². The van der Waals surface area contributed by atoms with Crippen molar-refractivity contribution in [3.63, 3.8) is 0 Å². The number of hydrogen-bond donors (Lipinski definition) is 1. The van der Waals surface area contributed by atoms with Gasteiger partial charge in [0, 0.05) is 32.0 Å². The van der Waals surface area contributed by atoms with Gasteiger partial charge in [0.25, 0.3) is 0 Å². The molecule has 4 heteroatoms. The number of hydrogen-bond acceptors (Lipinski definition) is 3. The molecule has 0 bridgehead atoms. The van der Waals surface area contributed by atoms with Crippen LogP contribution in [0.5, 0.6) is 0 Å². The van der Waals surface area contributed by atoms with E-state index in [1.165, 1.54) is 25.7 Å². The summed E-state index contributed by atoms with van der Waals surface area (Å²) >= 11 is 0. The first-order valence-electron chi connectivity index (χ1n) is 5.96. The summed E-state index contributed by atoms with van der Waals surface area (Å²) in [5, 5.41) is 7.97. The Morgan fingerprint density at radius 2 is 2.13 bits per heavy atom. The molecule has 2 aliphatic rings. The van der Waals surface area contributed by atoms with Crippen molar-refractivity contribution in [3.05, 3.63) is 11.6 Å². The third kappa shape index (κ3) is 2.20. The van der Waals surface area contributed by atoms with Gasteiger partial charge in [0.2, 0.25) is 0 Å². The lowest BCUT2D eigenvalue weighted by Gasteiger charge is -2.01. The van der Waals surface area contributed by atoms with E-state index in [-0.39, 0.29) is 0 Å². The minimum Gasteiger partial charge on any atom is -0.314 e. The van der Waals surface area contributed by atoms with Crippen LogP contribution in [0.3, 0.4) is 0 Å². The van der Waals surface area contributed by atoms with Crippen molar-refractivity contribution in [2.75, 3.05) is 6.54 Å². The van der Waals surface area contributed by atoms with Gasteiger partial charge in [-0.15, -0.1) is 0 Å². The summed E-state index contributed by atoms with van der Waals surface area (Å²) in [6, 6.07) is 0.793. The van der Waals surface area contributed by atoms with E-state index in [2.05, 4.69) is 15.4 Å². The summed E-state index contributed by atoms with van der Waals surface area (Å²) in [5.74, 6) is 2.87. The van der Waals surface area contributed by atoms with Crippen LogP contribution in [-0.2, 0) is 13.5 Å². The van der Waals surface area contributed by atoms with E-state index in [1.807, 2.05) is 11.7 Å². The van der Waals surface area contributed by atoms with Crippen LogP contribution in [0, 0.1) is 0 Å². The van der Waals surface area contributed by atoms with Crippen molar-refractivity contribution in [3.8, 4) is 0 Å². The molecule has 2 aliphatic carbocycles.